The first-order chi connectivity index (χ1) is 7.90. The number of piperidine rings is 1. The second kappa shape index (κ2) is 6.55. The third kappa shape index (κ3) is 6.23. The molecule has 0 aromatic carbocycles. The van der Waals surface area contributed by atoms with E-state index in [0.29, 0.717) is 0 Å². The van der Waals surface area contributed by atoms with Crippen LogP contribution in [0.25, 0.3) is 0 Å². The molecule has 0 spiro atoms. The van der Waals surface area contributed by atoms with E-state index in [2.05, 4.69) is 44.5 Å². The van der Waals surface area contributed by atoms with E-state index in [9.17, 15) is 0 Å². The van der Waals surface area contributed by atoms with Gasteiger partial charge in [-0.05, 0) is 59.0 Å². The summed E-state index contributed by atoms with van der Waals surface area (Å²) in [6, 6.07) is 0. The summed E-state index contributed by atoms with van der Waals surface area (Å²) in [4.78, 5) is 2.57. The summed E-state index contributed by atoms with van der Waals surface area (Å²) in [6.07, 6.45) is 3.83. The van der Waals surface area contributed by atoms with Crippen LogP contribution in [0.4, 0.5) is 0 Å². The molecule has 0 bridgehead atoms. The highest BCUT2D eigenvalue weighted by Crippen LogP contribution is 2.18. The molecular weight excluding hydrogens is 208 g/mol. The van der Waals surface area contributed by atoms with Gasteiger partial charge in [-0.15, -0.1) is 0 Å². The molecule has 17 heavy (non-hydrogen) atoms. The molecule has 1 atom stereocenters. The minimum Gasteiger partial charge on any atom is -0.312 e. The average molecular weight is 238 g/mol. The van der Waals surface area contributed by atoms with Crippen LogP contribution in [0.15, 0.2) is 12.2 Å². The largest absolute Gasteiger partial charge is 0.312 e. The molecule has 2 nitrogen and oxygen atoms in total. The van der Waals surface area contributed by atoms with Gasteiger partial charge < -0.3 is 5.32 Å². The minimum atomic E-state index is 0.245. The second-order valence-electron chi connectivity index (χ2n) is 6.48. The molecular formula is C15H30N2. The van der Waals surface area contributed by atoms with Crippen LogP contribution in [0.5, 0.6) is 0 Å². The molecule has 0 aromatic heterocycles. The summed E-state index contributed by atoms with van der Waals surface area (Å²) in [5, 5.41) is 3.63. The van der Waals surface area contributed by atoms with Crippen molar-refractivity contribution in [2.24, 2.45) is 5.92 Å². The molecule has 1 aliphatic heterocycles. The predicted octanol–water partition coefficient (Wildman–Crippen LogP) is 3.05. The first-order valence-corrected chi connectivity index (χ1v) is 7.04. The first-order valence-electron chi connectivity index (χ1n) is 7.04. The van der Waals surface area contributed by atoms with Crippen LogP contribution in [0, 0.1) is 5.92 Å². The van der Waals surface area contributed by atoms with Gasteiger partial charge in [-0.1, -0.05) is 19.1 Å². The zero-order valence-corrected chi connectivity index (χ0v) is 12.2. The Balaban J connectivity index is 2.31. The van der Waals surface area contributed by atoms with Crippen LogP contribution < -0.4 is 5.32 Å². The Bertz CT molecular complexity index is 240. The average Bonchev–Trinajstić information content (AvgIpc) is 2.26. The van der Waals surface area contributed by atoms with Crippen LogP contribution in [-0.4, -0.2) is 36.6 Å². The molecule has 0 saturated carbocycles. The maximum atomic E-state index is 4.12. The first kappa shape index (κ1) is 14.7. The quantitative estimate of drug-likeness (QED) is 0.741. The number of rotatable bonds is 5. The lowest BCUT2D eigenvalue weighted by Crippen LogP contribution is -2.45. The van der Waals surface area contributed by atoms with Crippen LogP contribution >= 0.6 is 0 Å². The van der Waals surface area contributed by atoms with Gasteiger partial charge in [-0.25, -0.2) is 0 Å². The van der Waals surface area contributed by atoms with E-state index in [1.807, 2.05) is 0 Å². The second-order valence-corrected chi connectivity index (χ2v) is 6.48. The number of hydrogen-bond donors (Lipinski definition) is 1. The molecule has 1 fully saturated rings. The molecule has 100 valence electrons. The Kier molecular flexibility index (Phi) is 5.68. The third-order valence-electron chi connectivity index (χ3n) is 3.47. The SMILES string of the molecule is C=C(CC)CN1CCCC(CNC(C)(C)C)C1. The Morgan fingerprint density at radius 2 is 2.12 bits per heavy atom. The van der Waals surface area contributed by atoms with Gasteiger partial charge in [0.1, 0.15) is 0 Å². The Morgan fingerprint density at radius 3 is 2.71 bits per heavy atom. The van der Waals surface area contributed by atoms with Crippen LogP contribution in [0.3, 0.4) is 0 Å². The van der Waals surface area contributed by atoms with Crippen LogP contribution in [0.1, 0.15) is 47.0 Å². The van der Waals surface area contributed by atoms with Gasteiger partial charge in [0.2, 0.25) is 0 Å². The smallest absolute Gasteiger partial charge is 0.0190 e. The topological polar surface area (TPSA) is 15.3 Å². The van der Waals surface area contributed by atoms with E-state index in [-0.39, 0.29) is 5.54 Å². The highest BCUT2D eigenvalue weighted by Gasteiger charge is 2.21. The minimum absolute atomic E-state index is 0.245. The summed E-state index contributed by atoms with van der Waals surface area (Å²) < 4.78 is 0. The van der Waals surface area contributed by atoms with Crippen molar-refractivity contribution in [2.75, 3.05) is 26.2 Å². The summed E-state index contributed by atoms with van der Waals surface area (Å²) in [7, 11) is 0. The predicted molar refractivity (Wildman–Crippen MR) is 76.4 cm³/mol. The summed E-state index contributed by atoms with van der Waals surface area (Å²) in [6.45, 7) is 17.8. The van der Waals surface area contributed by atoms with Crippen molar-refractivity contribution in [3.05, 3.63) is 12.2 Å². The van der Waals surface area contributed by atoms with E-state index in [0.717, 1.165) is 25.4 Å². The van der Waals surface area contributed by atoms with Gasteiger partial charge in [0.05, 0.1) is 0 Å². The number of likely N-dealkylation sites (tertiary alicyclic amines) is 1. The molecule has 2 heteroatoms. The van der Waals surface area contributed by atoms with Crippen LogP contribution in [-0.2, 0) is 0 Å². The molecule has 0 aliphatic carbocycles. The normalized spacial score (nSPS) is 22.7. The molecule has 1 saturated heterocycles. The fourth-order valence-corrected chi connectivity index (χ4v) is 2.34. The lowest BCUT2D eigenvalue weighted by atomic mass is 9.96. The fourth-order valence-electron chi connectivity index (χ4n) is 2.34. The van der Waals surface area contributed by atoms with Crippen molar-refractivity contribution in [1.82, 2.24) is 10.2 Å². The van der Waals surface area contributed by atoms with Crippen molar-refractivity contribution >= 4 is 0 Å². The molecule has 0 radical (unpaired) electrons. The number of nitrogens with one attached hydrogen (secondary N) is 1. The van der Waals surface area contributed by atoms with Gasteiger partial charge in [0, 0.05) is 18.6 Å². The van der Waals surface area contributed by atoms with Gasteiger partial charge in [-0.2, -0.15) is 0 Å². The maximum absolute atomic E-state index is 4.12. The molecule has 1 rings (SSSR count). The molecule has 1 unspecified atom stereocenters. The Labute approximate surface area is 107 Å². The molecule has 1 heterocycles. The zero-order chi connectivity index (χ0) is 12.9. The van der Waals surface area contributed by atoms with E-state index < -0.39 is 0 Å². The van der Waals surface area contributed by atoms with E-state index in [1.54, 1.807) is 0 Å². The van der Waals surface area contributed by atoms with Gasteiger partial charge in [-0.3, -0.25) is 4.90 Å². The van der Waals surface area contributed by atoms with Crippen LogP contribution in [0.2, 0.25) is 0 Å². The monoisotopic (exact) mass is 238 g/mol. The lowest BCUT2D eigenvalue weighted by molar-refractivity contribution is 0.177. The molecule has 0 aromatic rings. The Hall–Kier alpha value is -0.340. The summed E-state index contributed by atoms with van der Waals surface area (Å²) in [5.74, 6) is 0.813. The van der Waals surface area contributed by atoms with Crippen molar-refractivity contribution in [3.63, 3.8) is 0 Å². The van der Waals surface area contributed by atoms with Crippen molar-refractivity contribution < 1.29 is 0 Å². The summed E-state index contributed by atoms with van der Waals surface area (Å²) >= 11 is 0. The fraction of sp³-hybridized carbons (Fsp3) is 0.867. The summed E-state index contributed by atoms with van der Waals surface area (Å²) in [5.41, 5.74) is 1.62. The van der Waals surface area contributed by atoms with E-state index >= 15 is 0 Å². The maximum Gasteiger partial charge on any atom is 0.0190 e. The van der Waals surface area contributed by atoms with E-state index in [4.69, 9.17) is 0 Å². The number of hydrogen-bond acceptors (Lipinski definition) is 2. The van der Waals surface area contributed by atoms with Gasteiger partial charge >= 0.3 is 0 Å². The lowest BCUT2D eigenvalue weighted by Gasteiger charge is -2.34. The highest BCUT2D eigenvalue weighted by molar-refractivity contribution is 4.97. The Morgan fingerprint density at radius 1 is 1.41 bits per heavy atom. The van der Waals surface area contributed by atoms with Crippen molar-refractivity contribution in [3.8, 4) is 0 Å². The van der Waals surface area contributed by atoms with Crippen molar-refractivity contribution in [1.29, 1.82) is 0 Å². The number of nitrogens with zero attached hydrogens (tertiary/aromatic N) is 1. The third-order valence-corrected chi connectivity index (χ3v) is 3.47. The molecule has 0 amide bonds. The standard InChI is InChI=1S/C15H30N2/c1-6-13(2)11-17-9-7-8-14(12-17)10-16-15(3,4)5/h14,16H,2,6-12H2,1,3-5H3. The van der Waals surface area contributed by atoms with Gasteiger partial charge in [0.15, 0.2) is 0 Å². The zero-order valence-electron chi connectivity index (χ0n) is 12.2. The van der Waals surface area contributed by atoms with E-state index in [1.165, 1.54) is 31.5 Å². The van der Waals surface area contributed by atoms with Gasteiger partial charge in [0.25, 0.3) is 0 Å². The highest BCUT2D eigenvalue weighted by atomic mass is 15.1. The van der Waals surface area contributed by atoms with Crippen molar-refractivity contribution in [2.45, 2.75) is 52.5 Å². The molecule has 1 N–H and O–H groups in total. The molecule has 1 aliphatic rings.